The molecule has 4 aromatic rings. The third-order valence-electron chi connectivity index (χ3n) is 4.63. The van der Waals surface area contributed by atoms with Crippen molar-refractivity contribution in [3.63, 3.8) is 0 Å². The lowest BCUT2D eigenvalue weighted by molar-refractivity contribution is 0.395. The molecule has 0 aliphatic rings. The Balaban J connectivity index is 1.75. The normalized spacial score (nSPS) is 11.7. The van der Waals surface area contributed by atoms with Crippen molar-refractivity contribution in [3.05, 3.63) is 90.1 Å². The molecule has 0 unspecified atom stereocenters. The maximum absolute atomic E-state index is 14.7. The lowest BCUT2D eigenvalue weighted by Gasteiger charge is -2.19. The Hall–Kier alpha value is -3.87. The zero-order valence-electron chi connectivity index (χ0n) is 16.5. The molecule has 1 N–H and O–H groups in total. The average molecular weight is 405 g/mol. The predicted octanol–water partition coefficient (Wildman–Crippen LogP) is 5.09. The molecule has 152 valence electrons. The molecule has 6 nitrogen and oxygen atoms in total. The summed E-state index contributed by atoms with van der Waals surface area (Å²) in [6.45, 7) is 0. The van der Waals surface area contributed by atoms with Gasteiger partial charge in [-0.3, -0.25) is 0 Å². The number of rotatable bonds is 7. The highest BCUT2D eigenvalue weighted by molar-refractivity contribution is 5.61. The highest BCUT2D eigenvalue weighted by Gasteiger charge is 2.25. The molecule has 0 aliphatic carbocycles. The lowest BCUT2D eigenvalue weighted by Crippen LogP contribution is -2.15. The number of nitrogens with zero attached hydrogens (tertiary/aromatic N) is 2. The largest absolute Gasteiger partial charge is 0.497 e. The molecule has 7 heteroatoms. The van der Waals surface area contributed by atoms with Crippen LogP contribution in [0.4, 0.5) is 10.1 Å². The van der Waals surface area contributed by atoms with Crippen molar-refractivity contribution in [2.75, 3.05) is 19.5 Å². The number of halogens is 1. The number of hydrogen-bond donors (Lipinski definition) is 1. The topological polar surface area (TPSA) is 69.4 Å². The average Bonchev–Trinajstić information content (AvgIpc) is 3.29. The van der Waals surface area contributed by atoms with E-state index in [0.717, 1.165) is 5.56 Å². The summed E-state index contributed by atoms with van der Waals surface area (Å²) in [6.07, 6.45) is 0. The highest BCUT2D eigenvalue weighted by atomic mass is 19.1. The molecule has 0 saturated carbocycles. The second-order valence-electron chi connectivity index (χ2n) is 6.48. The van der Waals surface area contributed by atoms with Gasteiger partial charge < -0.3 is 19.2 Å². The van der Waals surface area contributed by atoms with E-state index in [4.69, 9.17) is 13.9 Å². The zero-order chi connectivity index (χ0) is 20.9. The quantitative estimate of drug-likeness (QED) is 0.462. The van der Waals surface area contributed by atoms with Crippen molar-refractivity contribution in [1.29, 1.82) is 0 Å². The third-order valence-corrected chi connectivity index (χ3v) is 4.63. The third kappa shape index (κ3) is 3.96. The first-order chi connectivity index (χ1) is 14.7. The van der Waals surface area contributed by atoms with Crippen LogP contribution in [0.3, 0.4) is 0 Å². The molecule has 0 saturated heterocycles. The minimum atomic E-state index is -0.724. The van der Waals surface area contributed by atoms with Gasteiger partial charge >= 0.3 is 0 Å². The van der Waals surface area contributed by atoms with Crippen molar-refractivity contribution in [2.45, 2.75) is 6.04 Å². The van der Waals surface area contributed by atoms with Gasteiger partial charge in [-0.15, -0.1) is 10.2 Å². The van der Waals surface area contributed by atoms with Gasteiger partial charge in [-0.2, -0.15) is 0 Å². The Morgan fingerprint density at radius 3 is 2.40 bits per heavy atom. The summed E-state index contributed by atoms with van der Waals surface area (Å²) in [7, 11) is 3.13. The van der Waals surface area contributed by atoms with Crippen LogP contribution in [0.5, 0.6) is 11.5 Å². The fourth-order valence-electron chi connectivity index (χ4n) is 3.10. The van der Waals surface area contributed by atoms with Crippen LogP contribution in [0.25, 0.3) is 11.5 Å². The Labute approximate surface area is 173 Å². The van der Waals surface area contributed by atoms with Gasteiger partial charge in [-0.25, -0.2) is 4.39 Å². The SMILES string of the molecule is COc1ccc(N[C@H](c2nnc(-c3ccccc3)o2)c2ccccc2F)c(OC)c1. The summed E-state index contributed by atoms with van der Waals surface area (Å²) in [5.41, 5.74) is 1.79. The smallest absolute Gasteiger partial charge is 0.247 e. The van der Waals surface area contributed by atoms with Crippen LogP contribution in [0.2, 0.25) is 0 Å². The van der Waals surface area contributed by atoms with E-state index in [9.17, 15) is 4.39 Å². The molecule has 30 heavy (non-hydrogen) atoms. The van der Waals surface area contributed by atoms with Crippen LogP contribution >= 0.6 is 0 Å². The first kappa shape index (κ1) is 19.4. The van der Waals surface area contributed by atoms with Crippen molar-refractivity contribution in [1.82, 2.24) is 10.2 Å². The van der Waals surface area contributed by atoms with Crippen LogP contribution < -0.4 is 14.8 Å². The van der Waals surface area contributed by atoms with E-state index in [-0.39, 0.29) is 11.7 Å². The Morgan fingerprint density at radius 1 is 0.900 bits per heavy atom. The monoisotopic (exact) mass is 405 g/mol. The van der Waals surface area contributed by atoms with Gasteiger partial charge in [0.15, 0.2) is 0 Å². The summed E-state index contributed by atoms with van der Waals surface area (Å²) >= 11 is 0. The first-order valence-corrected chi connectivity index (χ1v) is 9.31. The molecular weight excluding hydrogens is 385 g/mol. The van der Waals surface area contributed by atoms with E-state index in [0.29, 0.717) is 28.6 Å². The maximum atomic E-state index is 14.7. The second kappa shape index (κ2) is 8.65. The van der Waals surface area contributed by atoms with E-state index in [1.165, 1.54) is 6.07 Å². The molecule has 0 radical (unpaired) electrons. The molecule has 0 fully saturated rings. The predicted molar refractivity (Wildman–Crippen MR) is 111 cm³/mol. The Kier molecular flexibility index (Phi) is 5.61. The second-order valence-corrected chi connectivity index (χ2v) is 6.48. The minimum absolute atomic E-state index is 0.233. The zero-order valence-corrected chi connectivity index (χ0v) is 16.5. The van der Waals surface area contributed by atoms with Crippen molar-refractivity contribution in [2.24, 2.45) is 0 Å². The number of aromatic nitrogens is 2. The summed E-state index contributed by atoms with van der Waals surface area (Å²) in [4.78, 5) is 0. The molecule has 4 rings (SSSR count). The summed E-state index contributed by atoms with van der Waals surface area (Å²) in [5, 5.41) is 11.6. The number of nitrogens with one attached hydrogen (secondary N) is 1. The number of benzene rings is 3. The minimum Gasteiger partial charge on any atom is -0.497 e. The molecule has 0 aliphatic heterocycles. The van der Waals surface area contributed by atoms with Crippen LogP contribution in [0.1, 0.15) is 17.5 Å². The van der Waals surface area contributed by atoms with Gasteiger partial charge in [0.25, 0.3) is 0 Å². The van der Waals surface area contributed by atoms with Gasteiger partial charge in [-0.05, 0) is 30.3 Å². The Morgan fingerprint density at radius 2 is 1.67 bits per heavy atom. The standard InChI is InChI=1S/C23H20FN3O3/c1-28-16-12-13-19(20(14-16)29-2)25-21(17-10-6-7-11-18(17)24)23-27-26-22(30-23)15-8-4-3-5-9-15/h3-14,21,25H,1-2H3/t21-/m0/s1. The summed E-state index contributed by atoms with van der Waals surface area (Å²) in [6, 6.07) is 20.5. The van der Waals surface area contributed by atoms with E-state index in [2.05, 4.69) is 15.5 Å². The Bertz CT molecular complexity index is 1130. The van der Waals surface area contributed by atoms with Crippen LogP contribution in [0.15, 0.2) is 77.2 Å². The van der Waals surface area contributed by atoms with Gasteiger partial charge in [0.1, 0.15) is 23.4 Å². The number of ether oxygens (including phenoxy) is 2. The number of hydrogen-bond acceptors (Lipinski definition) is 6. The highest BCUT2D eigenvalue weighted by Crippen LogP contribution is 2.35. The summed E-state index contributed by atoms with van der Waals surface area (Å²) in [5.74, 6) is 1.39. The van der Waals surface area contributed by atoms with Gasteiger partial charge in [0.2, 0.25) is 11.8 Å². The van der Waals surface area contributed by atoms with E-state index in [1.54, 1.807) is 50.6 Å². The molecule has 0 bridgehead atoms. The molecule has 1 atom stereocenters. The van der Waals surface area contributed by atoms with Gasteiger partial charge in [0, 0.05) is 17.2 Å². The van der Waals surface area contributed by atoms with Crippen molar-refractivity contribution >= 4 is 5.69 Å². The molecule has 1 heterocycles. The first-order valence-electron chi connectivity index (χ1n) is 9.31. The van der Waals surface area contributed by atoms with Crippen LogP contribution in [-0.4, -0.2) is 24.4 Å². The fraction of sp³-hybridized carbons (Fsp3) is 0.130. The van der Waals surface area contributed by atoms with Gasteiger partial charge in [0.05, 0.1) is 19.9 Å². The molecular formula is C23H20FN3O3. The molecule has 1 aromatic heterocycles. The van der Waals surface area contributed by atoms with Crippen molar-refractivity contribution < 1.29 is 18.3 Å². The lowest BCUT2D eigenvalue weighted by atomic mass is 10.1. The maximum Gasteiger partial charge on any atom is 0.247 e. The summed E-state index contributed by atoms with van der Waals surface area (Å²) < 4.78 is 31.3. The van der Waals surface area contributed by atoms with Crippen LogP contribution in [0, 0.1) is 5.82 Å². The van der Waals surface area contributed by atoms with E-state index in [1.807, 2.05) is 30.3 Å². The molecule has 0 spiro atoms. The van der Waals surface area contributed by atoms with Crippen molar-refractivity contribution in [3.8, 4) is 23.0 Å². The number of methoxy groups -OCH3 is 2. The van der Waals surface area contributed by atoms with E-state index >= 15 is 0 Å². The number of anilines is 1. The molecule has 3 aromatic carbocycles. The fourth-order valence-corrected chi connectivity index (χ4v) is 3.10. The van der Waals surface area contributed by atoms with E-state index < -0.39 is 6.04 Å². The molecule has 0 amide bonds. The van der Waals surface area contributed by atoms with Gasteiger partial charge in [-0.1, -0.05) is 36.4 Å². The van der Waals surface area contributed by atoms with Crippen LogP contribution in [-0.2, 0) is 0 Å².